The van der Waals surface area contributed by atoms with Crippen LogP contribution in [0.25, 0.3) is 11.3 Å². The van der Waals surface area contributed by atoms with Gasteiger partial charge in [0.1, 0.15) is 5.69 Å². The van der Waals surface area contributed by atoms with Crippen molar-refractivity contribution in [1.29, 1.82) is 0 Å². The summed E-state index contributed by atoms with van der Waals surface area (Å²) in [5.41, 5.74) is 2.19. The van der Waals surface area contributed by atoms with Gasteiger partial charge in [0, 0.05) is 37.0 Å². The van der Waals surface area contributed by atoms with Crippen molar-refractivity contribution in [2.75, 3.05) is 10.6 Å². The lowest BCUT2D eigenvalue weighted by atomic mass is 10.0. The van der Waals surface area contributed by atoms with Gasteiger partial charge in [0.2, 0.25) is 0 Å². The minimum absolute atomic E-state index is 0.0270. The van der Waals surface area contributed by atoms with Gasteiger partial charge in [-0.1, -0.05) is 12.0 Å². The standard InChI is InChI=1S/C32H24F4N8O/c1-19-6-8-27(31(45)41-22-11-21(32(34,35)36)12-25(13-22)43-16-20(2)38-18-43)29(33)26(19)9-7-24-15-37-30-28(5-4-10-44(24)30)40-23-14-39-42(3)17-23/h4-6,8,10-18,40H,1-3H3,(H,41,45). The quantitative estimate of drug-likeness (QED) is 0.173. The average Bonchev–Trinajstić information content (AvgIpc) is 3.72. The number of fused-ring (bicyclic) bond motifs is 1. The number of nitrogens with zero attached hydrogens (tertiary/aromatic N) is 6. The molecule has 9 nitrogen and oxygen atoms in total. The Hall–Kier alpha value is -5.90. The number of hydrogen-bond donors (Lipinski definition) is 2. The number of carbonyl (C=O) groups is 1. The second-order valence-electron chi connectivity index (χ2n) is 10.3. The van der Waals surface area contributed by atoms with E-state index in [1.54, 1.807) is 54.8 Å². The third-order valence-corrected chi connectivity index (χ3v) is 6.94. The van der Waals surface area contributed by atoms with Crippen molar-refractivity contribution < 1.29 is 22.4 Å². The summed E-state index contributed by atoms with van der Waals surface area (Å²) in [7, 11) is 1.81. The zero-order valence-corrected chi connectivity index (χ0v) is 24.1. The van der Waals surface area contributed by atoms with Crippen LogP contribution < -0.4 is 10.6 Å². The second kappa shape index (κ2) is 11.3. The molecule has 0 spiro atoms. The van der Waals surface area contributed by atoms with E-state index >= 15 is 4.39 Å². The van der Waals surface area contributed by atoms with Crippen LogP contribution in [-0.4, -0.2) is 34.6 Å². The number of alkyl halides is 3. The van der Waals surface area contributed by atoms with E-state index in [-0.39, 0.29) is 22.5 Å². The SMILES string of the molecule is Cc1cn(-c2cc(NC(=O)c3ccc(C)c(C#Cc4cnc5c(Nc6cnn(C)c6)cccn45)c3F)cc(C(F)(F)F)c2)cn1. The first-order valence-electron chi connectivity index (χ1n) is 13.5. The molecule has 0 atom stereocenters. The number of carbonyl (C=O) groups excluding carboxylic acids is 1. The van der Waals surface area contributed by atoms with Crippen LogP contribution in [0, 0.1) is 31.5 Å². The van der Waals surface area contributed by atoms with Gasteiger partial charge in [-0.05, 0) is 61.7 Å². The van der Waals surface area contributed by atoms with Crippen molar-refractivity contribution in [3.63, 3.8) is 0 Å². The first-order valence-corrected chi connectivity index (χ1v) is 13.5. The highest BCUT2D eigenvalue weighted by Gasteiger charge is 2.32. The number of aryl methyl sites for hydroxylation is 3. The van der Waals surface area contributed by atoms with Crippen LogP contribution in [0.1, 0.15) is 38.4 Å². The van der Waals surface area contributed by atoms with Crippen molar-refractivity contribution in [3.8, 4) is 17.5 Å². The highest BCUT2D eigenvalue weighted by molar-refractivity contribution is 6.05. The molecule has 0 aliphatic heterocycles. The molecule has 4 heterocycles. The van der Waals surface area contributed by atoms with Gasteiger partial charge >= 0.3 is 6.18 Å². The topological polar surface area (TPSA) is 94.1 Å². The molecule has 0 bridgehead atoms. The summed E-state index contributed by atoms with van der Waals surface area (Å²) in [4.78, 5) is 21.7. The smallest absolute Gasteiger partial charge is 0.350 e. The maximum Gasteiger partial charge on any atom is 0.416 e. The van der Waals surface area contributed by atoms with Gasteiger partial charge in [-0.3, -0.25) is 13.9 Å². The van der Waals surface area contributed by atoms with Gasteiger partial charge in [0.05, 0.1) is 52.5 Å². The zero-order valence-electron chi connectivity index (χ0n) is 24.1. The van der Waals surface area contributed by atoms with E-state index in [0.29, 0.717) is 28.3 Å². The van der Waals surface area contributed by atoms with Gasteiger partial charge in [-0.25, -0.2) is 14.4 Å². The van der Waals surface area contributed by atoms with E-state index in [0.717, 1.165) is 17.8 Å². The number of amides is 1. The van der Waals surface area contributed by atoms with Crippen molar-refractivity contribution >= 4 is 28.6 Å². The maximum absolute atomic E-state index is 15.8. The van der Waals surface area contributed by atoms with Crippen molar-refractivity contribution in [2.45, 2.75) is 20.0 Å². The molecule has 226 valence electrons. The molecular weight excluding hydrogens is 588 g/mol. The van der Waals surface area contributed by atoms with E-state index in [1.807, 2.05) is 18.3 Å². The van der Waals surface area contributed by atoms with Crippen molar-refractivity contribution in [1.82, 2.24) is 28.7 Å². The molecule has 1 amide bonds. The Balaban J connectivity index is 1.30. The molecule has 0 aliphatic rings. The maximum atomic E-state index is 15.8. The number of halogens is 4. The van der Waals surface area contributed by atoms with E-state index in [9.17, 15) is 18.0 Å². The van der Waals surface area contributed by atoms with Crippen LogP contribution in [0.4, 0.5) is 34.6 Å². The van der Waals surface area contributed by atoms with Gasteiger partial charge in [-0.2, -0.15) is 18.3 Å². The Morgan fingerprint density at radius 3 is 2.51 bits per heavy atom. The van der Waals surface area contributed by atoms with Gasteiger partial charge in [-0.15, -0.1) is 0 Å². The normalized spacial score (nSPS) is 11.4. The Kier molecular flexibility index (Phi) is 7.33. The molecule has 0 saturated carbocycles. The molecule has 0 fully saturated rings. The predicted molar refractivity (Wildman–Crippen MR) is 160 cm³/mol. The number of rotatable bonds is 5. The van der Waals surface area contributed by atoms with Gasteiger partial charge in [0.25, 0.3) is 5.91 Å². The van der Waals surface area contributed by atoms with Crippen LogP contribution in [0.2, 0.25) is 0 Å². The summed E-state index contributed by atoms with van der Waals surface area (Å²) in [6, 6.07) is 9.53. The summed E-state index contributed by atoms with van der Waals surface area (Å²) >= 11 is 0. The molecule has 4 aromatic heterocycles. The number of hydrogen-bond acceptors (Lipinski definition) is 5. The minimum atomic E-state index is -4.68. The van der Waals surface area contributed by atoms with Crippen molar-refractivity contribution in [3.05, 3.63) is 119 Å². The molecule has 0 aliphatic carbocycles. The summed E-state index contributed by atoms with van der Waals surface area (Å²) in [5.74, 6) is 3.91. The van der Waals surface area contributed by atoms with E-state index in [1.165, 1.54) is 29.1 Å². The predicted octanol–water partition coefficient (Wildman–Crippen LogP) is 6.42. The lowest BCUT2D eigenvalue weighted by molar-refractivity contribution is -0.137. The Labute approximate surface area is 254 Å². The number of imidazole rings is 2. The molecular formula is C32H24F4N8O. The molecule has 0 radical (unpaired) electrons. The third-order valence-electron chi connectivity index (χ3n) is 6.94. The summed E-state index contributed by atoms with van der Waals surface area (Å²) in [6.45, 7) is 3.34. The van der Waals surface area contributed by atoms with E-state index in [4.69, 9.17) is 0 Å². The van der Waals surface area contributed by atoms with Gasteiger partial charge < -0.3 is 15.2 Å². The van der Waals surface area contributed by atoms with Gasteiger partial charge in [0.15, 0.2) is 11.5 Å². The number of aromatic nitrogens is 6. The van der Waals surface area contributed by atoms with E-state index in [2.05, 4.69) is 37.5 Å². The molecule has 0 saturated heterocycles. The highest BCUT2D eigenvalue weighted by atomic mass is 19.4. The van der Waals surface area contributed by atoms with Crippen LogP contribution in [0.3, 0.4) is 0 Å². The van der Waals surface area contributed by atoms with Crippen LogP contribution in [-0.2, 0) is 13.2 Å². The highest BCUT2D eigenvalue weighted by Crippen LogP contribution is 2.33. The second-order valence-corrected chi connectivity index (χ2v) is 10.3. The van der Waals surface area contributed by atoms with Crippen LogP contribution in [0.15, 0.2) is 79.8 Å². The third kappa shape index (κ3) is 5.98. The molecule has 2 N–H and O–H groups in total. The summed E-state index contributed by atoms with van der Waals surface area (Å²) in [6.07, 6.45) is 5.03. The lowest BCUT2D eigenvalue weighted by Gasteiger charge is -2.14. The molecule has 2 aromatic carbocycles. The summed E-state index contributed by atoms with van der Waals surface area (Å²) in [5, 5.41) is 9.80. The minimum Gasteiger partial charge on any atom is -0.350 e. The molecule has 45 heavy (non-hydrogen) atoms. The fraction of sp³-hybridized carbons (Fsp3) is 0.125. The van der Waals surface area contributed by atoms with Crippen molar-refractivity contribution in [2.24, 2.45) is 7.05 Å². The summed E-state index contributed by atoms with van der Waals surface area (Å²) < 4.78 is 61.6. The van der Waals surface area contributed by atoms with E-state index < -0.39 is 23.5 Å². The van der Waals surface area contributed by atoms with Crippen LogP contribution in [0.5, 0.6) is 0 Å². The monoisotopic (exact) mass is 612 g/mol. The fourth-order valence-corrected chi connectivity index (χ4v) is 4.73. The number of pyridine rings is 1. The number of anilines is 3. The number of benzene rings is 2. The zero-order chi connectivity index (χ0) is 31.9. The van der Waals surface area contributed by atoms with Crippen LogP contribution >= 0.6 is 0 Å². The number of nitrogens with one attached hydrogen (secondary N) is 2. The fourth-order valence-electron chi connectivity index (χ4n) is 4.73. The molecule has 13 heteroatoms. The molecule has 0 unspecified atom stereocenters. The first kappa shape index (κ1) is 29.2. The Morgan fingerprint density at radius 1 is 0.978 bits per heavy atom. The average molecular weight is 613 g/mol. The Morgan fingerprint density at radius 2 is 1.80 bits per heavy atom. The molecule has 6 rings (SSSR count). The largest absolute Gasteiger partial charge is 0.416 e. The Bertz CT molecular complexity index is 2150. The first-order chi connectivity index (χ1) is 21.5. The lowest BCUT2D eigenvalue weighted by Crippen LogP contribution is -2.16. The molecule has 6 aromatic rings.